The van der Waals surface area contributed by atoms with E-state index < -0.39 is 0 Å². The quantitative estimate of drug-likeness (QED) is 0.554. The molecule has 1 fully saturated rings. The molecule has 16 heavy (non-hydrogen) atoms. The second kappa shape index (κ2) is 6.97. The molecule has 1 aliphatic carbocycles. The van der Waals surface area contributed by atoms with E-state index in [1.165, 1.54) is 19.3 Å². The maximum absolute atomic E-state index is 5.27. The highest BCUT2D eigenvalue weighted by molar-refractivity contribution is 4.87. The van der Waals surface area contributed by atoms with Gasteiger partial charge in [-0.15, -0.1) is 12.3 Å². The maximum atomic E-state index is 5.27. The minimum absolute atomic E-state index is 0.724. The highest BCUT2D eigenvalue weighted by Crippen LogP contribution is 2.33. The van der Waals surface area contributed by atoms with Gasteiger partial charge in [-0.25, -0.2) is 0 Å². The van der Waals surface area contributed by atoms with Crippen molar-refractivity contribution in [2.45, 2.75) is 58.9 Å². The minimum Gasteiger partial charge on any atom is -0.314 e. The Labute approximate surface area is 101 Å². The van der Waals surface area contributed by atoms with Crippen LogP contribution < -0.4 is 5.32 Å². The van der Waals surface area contributed by atoms with Crippen molar-refractivity contribution in [2.75, 3.05) is 6.54 Å². The zero-order valence-electron chi connectivity index (χ0n) is 11.1. The van der Waals surface area contributed by atoms with Gasteiger partial charge in [0, 0.05) is 12.5 Å². The summed E-state index contributed by atoms with van der Waals surface area (Å²) in [6.45, 7) is 8.19. The zero-order valence-corrected chi connectivity index (χ0v) is 11.1. The van der Waals surface area contributed by atoms with Crippen LogP contribution in [0.2, 0.25) is 0 Å². The van der Waals surface area contributed by atoms with E-state index in [0.717, 1.165) is 43.2 Å². The number of unbranched alkanes of at least 4 members (excludes halogenated alkanes) is 1. The lowest BCUT2D eigenvalue weighted by Crippen LogP contribution is -2.43. The molecule has 1 rings (SSSR count). The molecule has 92 valence electrons. The number of rotatable bonds is 5. The summed E-state index contributed by atoms with van der Waals surface area (Å²) in [7, 11) is 0. The lowest BCUT2D eigenvalue weighted by atomic mass is 9.74. The molecule has 3 unspecified atom stereocenters. The van der Waals surface area contributed by atoms with Gasteiger partial charge in [0.25, 0.3) is 0 Å². The van der Waals surface area contributed by atoms with E-state index in [0.29, 0.717) is 0 Å². The van der Waals surface area contributed by atoms with Gasteiger partial charge in [-0.3, -0.25) is 0 Å². The third-order valence-corrected chi connectivity index (χ3v) is 3.93. The summed E-state index contributed by atoms with van der Waals surface area (Å²) in [5.74, 6) is 5.26. The summed E-state index contributed by atoms with van der Waals surface area (Å²) in [5, 5.41) is 3.72. The predicted molar refractivity (Wildman–Crippen MR) is 71.2 cm³/mol. The molecule has 0 saturated heterocycles. The summed E-state index contributed by atoms with van der Waals surface area (Å²) in [6.07, 6.45) is 11.4. The summed E-state index contributed by atoms with van der Waals surface area (Å²) >= 11 is 0. The van der Waals surface area contributed by atoms with Crippen LogP contribution in [0.15, 0.2) is 0 Å². The molecule has 1 nitrogen and oxygen atoms in total. The topological polar surface area (TPSA) is 12.0 Å². The van der Waals surface area contributed by atoms with Crippen LogP contribution in [0.4, 0.5) is 0 Å². The van der Waals surface area contributed by atoms with E-state index in [-0.39, 0.29) is 0 Å². The Bertz CT molecular complexity index is 226. The highest BCUT2D eigenvalue weighted by atomic mass is 14.9. The number of nitrogens with one attached hydrogen (secondary N) is 1. The second-order valence-corrected chi connectivity index (χ2v) is 5.69. The third-order valence-electron chi connectivity index (χ3n) is 3.93. The number of terminal acetylenes is 1. The van der Waals surface area contributed by atoms with Crippen molar-refractivity contribution in [1.29, 1.82) is 0 Å². The molecule has 0 spiro atoms. The summed E-state index contributed by atoms with van der Waals surface area (Å²) in [6, 6.07) is 0.724. The average Bonchev–Trinajstić information content (AvgIpc) is 2.24. The fourth-order valence-corrected chi connectivity index (χ4v) is 2.91. The van der Waals surface area contributed by atoms with Gasteiger partial charge in [-0.1, -0.05) is 27.2 Å². The van der Waals surface area contributed by atoms with Gasteiger partial charge in [0.15, 0.2) is 0 Å². The van der Waals surface area contributed by atoms with Crippen LogP contribution in [-0.4, -0.2) is 12.6 Å². The van der Waals surface area contributed by atoms with Crippen molar-refractivity contribution >= 4 is 0 Å². The minimum atomic E-state index is 0.724. The van der Waals surface area contributed by atoms with Gasteiger partial charge in [-0.05, 0) is 43.6 Å². The molecule has 0 heterocycles. The van der Waals surface area contributed by atoms with Gasteiger partial charge < -0.3 is 5.32 Å². The normalized spacial score (nSPS) is 30.3. The Morgan fingerprint density at radius 3 is 2.75 bits per heavy atom. The largest absolute Gasteiger partial charge is 0.314 e. The van der Waals surface area contributed by atoms with Crippen LogP contribution in [0.1, 0.15) is 52.9 Å². The molecule has 0 amide bonds. The van der Waals surface area contributed by atoms with Crippen LogP contribution in [0.25, 0.3) is 0 Å². The molecule has 0 bridgehead atoms. The van der Waals surface area contributed by atoms with Crippen molar-refractivity contribution in [3.8, 4) is 12.3 Å². The van der Waals surface area contributed by atoms with Crippen molar-refractivity contribution < 1.29 is 0 Å². The lowest BCUT2D eigenvalue weighted by Gasteiger charge is -2.38. The molecule has 3 atom stereocenters. The van der Waals surface area contributed by atoms with Crippen molar-refractivity contribution in [3.05, 3.63) is 0 Å². The predicted octanol–water partition coefficient (Wildman–Crippen LogP) is 3.45. The van der Waals surface area contributed by atoms with E-state index in [1.807, 2.05) is 0 Å². The van der Waals surface area contributed by atoms with Crippen molar-refractivity contribution in [2.24, 2.45) is 17.8 Å². The van der Waals surface area contributed by atoms with E-state index in [9.17, 15) is 0 Å². The molecular formula is C15H27N. The zero-order chi connectivity index (χ0) is 12.0. The molecule has 0 aromatic carbocycles. The molecule has 1 saturated carbocycles. The molecule has 0 aromatic rings. The lowest BCUT2D eigenvalue weighted by molar-refractivity contribution is 0.170. The monoisotopic (exact) mass is 221 g/mol. The van der Waals surface area contributed by atoms with Crippen LogP contribution in [0, 0.1) is 30.1 Å². The third kappa shape index (κ3) is 4.18. The Morgan fingerprint density at radius 2 is 2.12 bits per heavy atom. The molecule has 1 N–H and O–H groups in total. The second-order valence-electron chi connectivity index (χ2n) is 5.69. The number of hydrogen-bond donors (Lipinski definition) is 1. The van der Waals surface area contributed by atoms with E-state index in [1.54, 1.807) is 0 Å². The highest BCUT2D eigenvalue weighted by Gasteiger charge is 2.29. The Kier molecular flexibility index (Phi) is 5.91. The van der Waals surface area contributed by atoms with Crippen LogP contribution in [0.5, 0.6) is 0 Å². The molecular weight excluding hydrogens is 194 g/mol. The van der Waals surface area contributed by atoms with Gasteiger partial charge in [-0.2, -0.15) is 0 Å². The fraction of sp³-hybridized carbons (Fsp3) is 0.867. The van der Waals surface area contributed by atoms with Gasteiger partial charge in [0.2, 0.25) is 0 Å². The van der Waals surface area contributed by atoms with Crippen LogP contribution >= 0.6 is 0 Å². The van der Waals surface area contributed by atoms with E-state index >= 15 is 0 Å². The van der Waals surface area contributed by atoms with Gasteiger partial charge >= 0.3 is 0 Å². The first-order valence-electron chi connectivity index (χ1n) is 6.82. The molecule has 0 aliphatic heterocycles. The standard InChI is InChI=1S/C15H27N/c1-5-6-7-10-16-15-11-13(4)8-9-14(15)12(2)3/h1,12-16H,6-11H2,2-4H3. The van der Waals surface area contributed by atoms with Gasteiger partial charge in [0.1, 0.15) is 0 Å². The molecule has 0 radical (unpaired) electrons. The maximum Gasteiger partial charge on any atom is 0.0100 e. The Balaban J connectivity index is 2.36. The first-order chi connectivity index (χ1) is 7.65. The smallest absolute Gasteiger partial charge is 0.0100 e. The number of hydrogen-bond acceptors (Lipinski definition) is 1. The van der Waals surface area contributed by atoms with Crippen LogP contribution in [0.3, 0.4) is 0 Å². The summed E-state index contributed by atoms with van der Waals surface area (Å²) in [4.78, 5) is 0. The molecule has 0 aromatic heterocycles. The average molecular weight is 221 g/mol. The summed E-state index contributed by atoms with van der Waals surface area (Å²) in [5.41, 5.74) is 0. The first-order valence-corrected chi connectivity index (χ1v) is 6.82. The van der Waals surface area contributed by atoms with E-state index in [2.05, 4.69) is 32.0 Å². The fourth-order valence-electron chi connectivity index (χ4n) is 2.91. The summed E-state index contributed by atoms with van der Waals surface area (Å²) < 4.78 is 0. The Hall–Kier alpha value is -0.480. The molecule has 1 aliphatic rings. The van der Waals surface area contributed by atoms with Crippen LogP contribution in [-0.2, 0) is 0 Å². The SMILES string of the molecule is C#CCCCNC1CC(C)CCC1C(C)C. The van der Waals surface area contributed by atoms with Crippen molar-refractivity contribution in [3.63, 3.8) is 0 Å². The Morgan fingerprint density at radius 1 is 1.38 bits per heavy atom. The molecule has 1 heteroatoms. The van der Waals surface area contributed by atoms with E-state index in [4.69, 9.17) is 6.42 Å². The van der Waals surface area contributed by atoms with Crippen molar-refractivity contribution in [1.82, 2.24) is 5.32 Å². The first kappa shape index (κ1) is 13.6. The van der Waals surface area contributed by atoms with Gasteiger partial charge in [0.05, 0.1) is 0 Å².